The highest BCUT2D eigenvalue weighted by Crippen LogP contribution is 2.09. The van der Waals surface area contributed by atoms with Crippen molar-refractivity contribution in [3.63, 3.8) is 0 Å². The maximum absolute atomic E-state index is 5.51. The summed E-state index contributed by atoms with van der Waals surface area (Å²) in [5.41, 5.74) is 8.84. The molecule has 0 unspecified atom stereocenters. The zero-order valence-corrected chi connectivity index (χ0v) is 6.99. The van der Waals surface area contributed by atoms with Gasteiger partial charge in [-0.05, 0) is 18.6 Å². The molecule has 0 aromatic carbocycles. The number of rotatable bonds is 1. The Morgan fingerprint density at radius 1 is 1.50 bits per heavy atom. The van der Waals surface area contributed by atoms with Gasteiger partial charge in [0.1, 0.15) is 0 Å². The lowest BCUT2D eigenvalue weighted by molar-refractivity contribution is 1.02. The van der Waals surface area contributed by atoms with Crippen molar-refractivity contribution in [1.82, 2.24) is 9.38 Å². The van der Waals surface area contributed by atoms with E-state index in [0.29, 0.717) is 6.54 Å². The SMILES string of the molecule is Cc1ncn2cc(CN)ccc12. The van der Waals surface area contributed by atoms with Gasteiger partial charge in [0.05, 0.1) is 17.5 Å². The summed E-state index contributed by atoms with van der Waals surface area (Å²) in [6.45, 7) is 2.57. The molecule has 2 N–H and O–H groups in total. The molecule has 2 rings (SSSR count). The predicted octanol–water partition coefficient (Wildman–Crippen LogP) is 1.10. The van der Waals surface area contributed by atoms with Gasteiger partial charge in [0.2, 0.25) is 0 Å². The molecule has 12 heavy (non-hydrogen) atoms. The van der Waals surface area contributed by atoms with Crippen LogP contribution in [0, 0.1) is 6.92 Å². The maximum Gasteiger partial charge on any atom is 0.0995 e. The first-order chi connectivity index (χ1) is 5.81. The van der Waals surface area contributed by atoms with Crippen molar-refractivity contribution in [2.75, 3.05) is 0 Å². The fourth-order valence-electron chi connectivity index (χ4n) is 1.30. The second-order valence-electron chi connectivity index (χ2n) is 2.86. The summed E-state index contributed by atoms with van der Waals surface area (Å²) in [5.74, 6) is 0. The first kappa shape index (κ1) is 7.31. The van der Waals surface area contributed by atoms with Crippen LogP contribution in [0.3, 0.4) is 0 Å². The molecule has 0 aliphatic rings. The minimum atomic E-state index is 0.577. The smallest absolute Gasteiger partial charge is 0.0995 e. The van der Waals surface area contributed by atoms with Crippen LogP contribution in [0.15, 0.2) is 24.7 Å². The fourth-order valence-corrected chi connectivity index (χ4v) is 1.30. The summed E-state index contributed by atoms with van der Waals surface area (Å²) in [6.07, 6.45) is 3.82. The number of fused-ring (bicyclic) bond motifs is 1. The zero-order chi connectivity index (χ0) is 8.55. The summed E-state index contributed by atoms with van der Waals surface area (Å²) >= 11 is 0. The van der Waals surface area contributed by atoms with Gasteiger partial charge in [0.25, 0.3) is 0 Å². The summed E-state index contributed by atoms with van der Waals surface area (Å²) in [6, 6.07) is 4.08. The van der Waals surface area contributed by atoms with E-state index in [1.165, 1.54) is 0 Å². The molecule has 0 amide bonds. The largest absolute Gasteiger partial charge is 0.326 e. The van der Waals surface area contributed by atoms with E-state index in [-0.39, 0.29) is 0 Å². The van der Waals surface area contributed by atoms with Crippen molar-refractivity contribution in [2.45, 2.75) is 13.5 Å². The lowest BCUT2D eigenvalue weighted by Gasteiger charge is -1.98. The average Bonchev–Trinajstić information content (AvgIpc) is 2.47. The van der Waals surface area contributed by atoms with E-state index in [2.05, 4.69) is 4.98 Å². The van der Waals surface area contributed by atoms with E-state index in [9.17, 15) is 0 Å². The van der Waals surface area contributed by atoms with Crippen LogP contribution in [-0.4, -0.2) is 9.38 Å². The Hall–Kier alpha value is -1.35. The first-order valence-electron chi connectivity index (χ1n) is 3.93. The van der Waals surface area contributed by atoms with E-state index in [1.54, 1.807) is 0 Å². The van der Waals surface area contributed by atoms with Crippen LogP contribution in [0.4, 0.5) is 0 Å². The van der Waals surface area contributed by atoms with Crippen LogP contribution >= 0.6 is 0 Å². The monoisotopic (exact) mass is 161 g/mol. The second-order valence-corrected chi connectivity index (χ2v) is 2.86. The highest BCUT2D eigenvalue weighted by Gasteiger charge is 1.98. The van der Waals surface area contributed by atoms with Crippen LogP contribution in [-0.2, 0) is 6.54 Å². The van der Waals surface area contributed by atoms with E-state index in [0.717, 1.165) is 16.8 Å². The summed E-state index contributed by atoms with van der Waals surface area (Å²) in [7, 11) is 0. The second kappa shape index (κ2) is 2.60. The van der Waals surface area contributed by atoms with Crippen LogP contribution in [0.1, 0.15) is 11.3 Å². The van der Waals surface area contributed by atoms with Crippen molar-refractivity contribution < 1.29 is 0 Å². The van der Waals surface area contributed by atoms with Crippen molar-refractivity contribution >= 4 is 5.52 Å². The molecule has 0 fully saturated rings. The molecule has 0 bridgehead atoms. The number of pyridine rings is 1. The molecule has 2 heterocycles. The van der Waals surface area contributed by atoms with Crippen LogP contribution in [0.25, 0.3) is 5.52 Å². The van der Waals surface area contributed by atoms with Gasteiger partial charge in [0.15, 0.2) is 0 Å². The van der Waals surface area contributed by atoms with Gasteiger partial charge in [0, 0.05) is 12.7 Å². The molecule has 3 nitrogen and oxygen atoms in total. The molecule has 3 heteroatoms. The van der Waals surface area contributed by atoms with Gasteiger partial charge < -0.3 is 10.1 Å². The Labute approximate surface area is 70.8 Å². The van der Waals surface area contributed by atoms with Gasteiger partial charge in [-0.25, -0.2) is 4.98 Å². The Balaban J connectivity index is 2.69. The van der Waals surface area contributed by atoms with Gasteiger partial charge in [-0.15, -0.1) is 0 Å². The Bertz CT molecular complexity index is 403. The zero-order valence-electron chi connectivity index (χ0n) is 6.99. The van der Waals surface area contributed by atoms with Crippen molar-refractivity contribution in [1.29, 1.82) is 0 Å². The van der Waals surface area contributed by atoms with Crippen LogP contribution in [0.2, 0.25) is 0 Å². The molecule has 0 atom stereocenters. The number of aryl methyl sites for hydroxylation is 1. The van der Waals surface area contributed by atoms with Gasteiger partial charge in [-0.1, -0.05) is 6.07 Å². The maximum atomic E-state index is 5.51. The molecule has 0 saturated carbocycles. The normalized spacial score (nSPS) is 10.8. The van der Waals surface area contributed by atoms with Gasteiger partial charge >= 0.3 is 0 Å². The number of hydrogen-bond acceptors (Lipinski definition) is 2. The number of nitrogens with zero attached hydrogens (tertiary/aromatic N) is 2. The summed E-state index contributed by atoms with van der Waals surface area (Å²) < 4.78 is 2.00. The van der Waals surface area contributed by atoms with Crippen LogP contribution < -0.4 is 5.73 Å². The number of nitrogens with two attached hydrogens (primary N) is 1. The average molecular weight is 161 g/mol. The molecule has 0 aliphatic heterocycles. The topological polar surface area (TPSA) is 43.3 Å². The highest BCUT2D eigenvalue weighted by molar-refractivity contribution is 5.51. The number of hydrogen-bond donors (Lipinski definition) is 1. The Morgan fingerprint density at radius 2 is 2.33 bits per heavy atom. The van der Waals surface area contributed by atoms with Gasteiger partial charge in [-0.2, -0.15) is 0 Å². The molecular weight excluding hydrogens is 150 g/mol. The minimum absolute atomic E-state index is 0.577. The lowest BCUT2D eigenvalue weighted by atomic mass is 10.2. The first-order valence-corrected chi connectivity index (χ1v) is 3.93. The van der Waals surface area contributed by atoms with Crippen molar-refractivity contribution in [2.24, 2.45) is 5.73 Å². The number of aromatic nitrogens is 2. The molecule has 0 aliphatic carbocycles. The lowest BCUT2D eigenvalue weighted by Crippen LogP contribution is -1.97. The standard InChI is InChI=1S/C9H11N3/c1-7-9-3-2-8(4-10)5-12(9)6-11-7/h2-3,5-6H,4,10H2,1H3. The third-order valence-electron chi connectivity index (χ3n) is 2.02. The van der Waals surface area contributed by atoms with E-state index >= 15 is 0 Å². The quantitative estimate of drug-likeness (QED) is 0.680. The third-order valence-corrected chi connectivity index (χ3v) is 2.02. The molecule has 0 spiro atoms. The van der Waals surface area contributed by atoms with Crippen LogP contribution in [0.5, 0.6) is 0 Å². The third kappa shape index (κ3) is 0.987. The Kier molecular flexibility index (Phi) is 1.59. The summed E-state index contributed by atoms with van der Waals surface area (Å²) in [4.78, 5) is 4.19. The fraction of sp³-hybridized carbons (Fsp3) is 0.222. The van der Waals surface area contributed by atoms with Crippen molar-refractivity contribution in [3.05, 3.63) is 35.9 Å². The molecule has 0 radical (unpaired) electrons. The minimum Gasteiger partial charge on any atom is -0.326 e. The van der Waals surface area contributed by atoms with E-state index in [4.69, 9.17) is 5.73 Å². The van der Waals surface area contributed by atoms with E-state index < -0.39 is 0 Å². The summed E-state index contributed by atoms with van der Waals surface area (Å²) in [5, 5.41) is 0. The molecule has 0 saturated heterocycles. The molecule has 2 aromatic heterocycles. The van der Waals surface area contributed by atoms with Crippen molar-refractivity contribution in [3.8, 4) is 0 Å². The van der Waals surface area contributed by atoms with E-state index in [1.807, 2.05) is 36.0 Å². The molecule has 2 aromatic rings. The molecular formula is C9H11N3. The molecule has 62 valence electrons. The highest BCUT2D eigenvalue weighted by atomic mass is 15.0. The van der Waals surface area contributed by atoms with Gasteiger partial charge in [-0.3, -0.25) is 0 Å². The predicted molar refractivity (Wildman–Crippen MR) is 47.8 cm³/mol. The number of imidazole rings is 1. The Morgan fingerprint density at radius 3 is 3.08 bits per heavy atom.